The first-order valence-corrected chi connectivity index (χ1v) is 10.2. The molecule has 4 rings (SSSR count). The predicted molar refractivity (Wildman–Crippen MR) is 110 cm³/mol. The van der Waals surface area contributed by atoms with Crippen LogP contribution in [0.3, 0.4) is 0 Å². The minimum Gasteiger partial charge on any atom is -0.497 e. The summed E-state index contributed by atoms with van der Waals surface area (Å²) in [5.74, 6) is 1.22. The number of rotatable bonds is 5. The zero-order valence-electron chi connectivity index (χ0n) is 16.0. The number of para-hydroxylation sites is 1. The molecule has 0 spiro atoms. The van der Waals surface area contributed by atoms with Crippen LogP contribution in [0, 0.1) is 6.92 Å². The Bertz CT molecular complexity index is 1000. The average Bonchev–Trinajstić information content (AvgIpc) is 3.19. The Kier molecular flexibility index (Phi) is 5.34. The number of amides is 1. The van der Waals surface area contributed by atoms with E-state index in [0.717, 1.165) is 52.8 Å². The maximum Gasteiger partial charge on any atom is 0.237 e. The third-order valence-corrected chi connectivity index (χ3v) is 5.85. The van der Waals surface area contributed by atoms with E-state index < -0.39 is 0 Å². The molecule has 0 saturated heterocycles. The summed E-state index contributed by atoms with van der Waals surface area (Å²) in [6, 6.07) is 14.0. The van der Waals surface area contributed by atoms with Gasteiger partial charge in [0.05, 0.1) is 18.6 Å². The van der Waals surface area contributed by atoms with Gasteiger partial charge in [-0.05, 0) is 55.2 Å². The van der Waals surface area contributed by atoms with Crippen LogP contribution in [0.1, 0.15) is 17.5 Å². The largest absolute Gasteiger partial charge is 0.497 e. The van der Waals surface area contributed by atoms with Crippen molar-refractivity contribution in [2.45, 2.75) is 24.9 Å². The number of aromatic nitrogens is 3. The van der Waals surface area contributed by atoms with E-state index in [1.165, 1.54) is 11.8 Å². The van der Waals surface area contributed by atoms with Crippen LogP contribution in [0.2, 0.25) is 0 Å². The number of ether oxygens (including phenoxy) is 1. The second kappa shape index (κ2) is 8.06. The van der Waals surface area contributed by atoms with Gasteiger partial charge in [0.2, 0.25) is 5.91 Å². The van der Waals surface area contributed by atoms with Crippen molar-refractivity contribution in [2.24, 2.45) is 0 Å². The first-order valence-electron chi connectivity index (χ1n) is 9.23. The number of hydrogen-bond donors (Lipinski definition) is 0. The zero-order chi connectivity index (χ0) is 19.5. The second-order valence-electron chi connectivity index (χ2n) is 6.70. The molecule has 0 fully saturated rings. The van der Waals surface area contributed by atoms with Gasteiger partial charge in [-0.15, -0.1) is 10.2 Å². The summed E-state index contributed by atoms with van der Waals surface area (Å²) in [5.41, 5.74) is 4.30. The summed E-state index contributed by atoms with van der Waals surface area (Å²) in [6.07, 6.45) is 3.61. The minimum absolute atomic E-state index is 0.0791. The van der Waals surface area contributed by atoms with E-state index in [0.29, 0.717) is 5.75 Å². The Hall–Kier alpha value is -2.80. The number of thioether (sulfide) groups is 1. The third kappa shape index (κ3) is 3.62. The fraction of sp³-hybridized carbons (Fsp3) is 0.286. The van der Waals surface area contributed by atoms with Gasteiger partial charge in [0, 0.05) is 12.2 Å². The molecule has 2 heterocycles. The van der Waals surface area contributed by atoms with E-state index in [9.17, 15) is 4.79 Å². The molecule has 0 saturated carbocycles. The van der Waals surface area contributed by atoms with Gasteiger partial charge >= 0.3 is 0 Å². The summed E-state index contributed by atoms with van der Waals surface area (Å²) in [5, 5.41) is 8.96. The first kappa shape index (κ1) is 18.6. The van der Waals surface area contributed by atoms with Crippen molar-refractivity contribution in [3.63, 3.8) is 0 Å². The fourth-order valence-corrected chi connectivity index (χ4v) is 4.28. The molecule has 0 unspecified atom stereocenters. The number of fused-ring (bicyclic) bond motifs is 1. The Balaban J connectivity index is 1.50. The first-order chi connectivity index (χ1) is 13.7. The lowest BCUT2D eigenvalue weighted by Crippen LogP contribution is -2.36. The molecule has 2 aromatic carbocycles. The predicted octanol–water partition coefficient (Wildman–Crippen LogP) is 3.66. The van der Waals surface area contributed by atoms with Crippen molar-refractivity contribution in [1.29, 1.82) is 0 Å². The summed E-state index contributed by atoms with van der Waals surface area (Å²) >= 11 is 1.41. The van der Waals surface area contributed by atoms with Gasteiger partial charge in [-0.1, -0.05) is 30.0 Å². The van der Waals surface area contributed by atoms with Crippen LogP contribution in [0.25, 0.3) is 5.69 Å². The number of methoxy groups -OCH3 is 1. The normalized spacial score (nSPS) is 13.3. The Morgan fingerprint density at radius 2 is 2.07 bits per heavy atom. The van der Waals surface area contributed by atoms with Gasteiger partial charge in [-0.2, -0.15) is 0 Å². The van der Waals surface area contributed by atoms with Crippen molar-refractivity contribution in [1.82, 2.24) is 14.8 Å². The van der Waals surface area contributed by atoms with Crippen molar-refractivity contribution in [2.75, 3.05) is 24.3 Å². The molecule has 7 heteroatoms. The van der Waals surface area contributed by atoms with Gasteiger partial charge in [-0.25, -0.2) is 0 Å². The second-order valence-corrected chi connectivity index (χ2v) is 7.64. The van der Waals surface area contributed by atoms with Gasteiger partial charge in [-0.3, -0.25) is 9.36 Å². The van der Waals surface area contributed by atoms with Crippen LogP contribution < -0.4 is 9.64 Å². The van der Waals surface area contributed by atoms with Crippen molar-refractivity contribution < 1.29 is 9.53 Å². The quantitative estimate of drug-likeness (QED) is 0.618. The number of benzene rings is 2. The van der Waals surface area contributed by atoms with E-state index >= 15 is 0 Å². The summed E-state index contributed by atoms with van der Waals surface area (Å²) in [6.45, 7) is 2.79. The van der Waals surface area contributed by atoms with Gasteiger partial charge in [0.15, 0.2) is 5.16 Å². The number of carbonyl (C=O) groups excluding carboxylic acids is 1. The zero-order valence-corrected chi connectivity index (χ0v) is 16.8. The van der Waals surface area contributed by atoms with Crippen LogP contribution in [-0.4, -0.2) is 40.1 Å². The minimum atomic E-state index is 0.0791. The van der Waals surface area contributed by atoms with E-state index in [1.54, 1.807) is 13.4 Å². The van der Waals surface area contributed by atoms with Crippen molar-refractivity contribution in [3.05, 3.63) is 59.9 Å². The molecule has 3 aromatic rings. The molecule has 0 N–H and O–H groups in total. The van der Waals surface area contributed by atoms with Crippen LogP contribution in [-0.2, 0) is 11.2 Å². The lowest BCUT2D eigenvalue weighted by molar-refractivity contribution is -0.116. The standard InChI is InChI=1S/C21H22N4O2S/c1-15-6-3-4-8-18(15)25-14-22-23-21(25)28-13-20(26)24-11-5-7-16-12-17(27-2)9-10-19(16)24/h3-4,6,8-10,12,14H,5,7,11,13H2,1-2H3. The fourth-order valence-electron chi connectivity index (χ4n) is 3.49. The van der Waals surface area contributed by atoms with E-state index in [4.69, 9.17) is 4.74 Å². The smallest absolute Gasteiger partial charge is 0.237 e. The highest BCUT2D eigenvalue weighted by Gasteiger charge is 2.23. The highest BCUT2D eigenvalue weighted by molar-refractivity contribution is 7.99. The molecule has 0 bridgehead atoms. The highest BCUT2D eigenvalue weighted by atomic mass is 32.2. The average molecular weight is 395 g/mol. The third-order valence-electron chi connectivity index (χ3n) is 4.92. The monoisotopic (exact) mass is 394 g/mol. The number of aryl methyl sites for hydroxylation is 2. The summed E-state index contributed by atoms with van der Waals surface area (Å²) in [4.78, 5) is 14.8. The molecule has 144 valence electrons. The maximum atomic E-state index is 12.9. The molecule has 6 nitrogen and oxygen atoms in total. The van der Waals surface area contributed by atoms with Crippen LogP contribution >= 0.6 is 11.8 Å². The van der Waals surface area contributed by atoms with Gasteiger partial charge < -0.3 is 9.64 Å². The molecule has 28 heavy (non-hydrogen) atoms. The lowest BCUT2D eigenvalue weighted by atomic mass is 10.0. The van der Waals surface area contributed by atoms with Crippen LogP contribution in [0.4, 0.5) is 5.69 Å². The Morgan fingerprint density at radius 3 is 2.89 bits per heavy atom. The Morgan fingerprint density at radius 1 is 1.21 bits per heavy atom. The molecule has 0 aliphatic carbocycles. The number of anilines is 1. The topological polar surface area (TPSA) is 60.2 Å². The van der Waals surface area contributed by atoms with Crippen LogP contribution in [0.5, 0.6) is 5.75 Å². The SMILES string of the molecule is COc1ccc2c(c1)CCCN2C(=O)CSc1nncn1-c1ccccc1C. The molecule has 0 radical (unpaired) electrons. The van der Waals surface area contributed by atoms with Crippen molar-refractivity contribution in [3.8, 4) is 11.4 Å². The maximum absolute atomic E-state index is 12.9. The summed E-state index contributed by atoms with van der Waals surface area (Å²) in [7, 11) is 1.66. The van der Waals surface area contributed by atoms with Gasteiger partial charge in [0.25, 0.3) is 0 Å². The van der Waals surface area contributed by atoms with E-state index in [1.807, 2.05) is 58.9 Å². The highest BCUT2D eigenvalue weighted by Crippen LogP contribution is 2.31. The summed E-state index contributed by atoms with van der Waals surface area (Å²) < 4.78 is 7.24. The van der Waals surface area contributed by atoms with Gasteiger partial charge in [0.1, 0.15) is 12.1 Å². The molecular formula is C21H22N4O2S. The number of nitrogens with zero attached hydrogens (tertiary/aromatic N) is 4. The molecular weight excluding hydrogens is 372 g/mol. The van der Waals surface area contributed by atoms with Crippen LogP contribution in [0.15, 0.2) is 53.9 Å². The molecule has 1 amide bonds. The molecule has 1 aromatic heterocycles. The van der Waals surface area contributed by atoms with E-state index in [2.05, 4.69) is 10.2 Å². The lowest BCUT2D eigenvalue weighted by Gasteiger charge is -2.29. The number of hydrogen-bond acceptors (Lipinski definition) is 5. The Labute approximate surface area is 168 Å². The number of carbonyl (C=O) groups is 1. The van der Waals surface area contributed by atoms with E-state index in [-0.39, 0.29) is 5.91 Å². The molecule has 0 atom stereocenters. The molecule has 1 aliphatic rings. The molecule has 1 aliphatic heterocycles. The van der Waals surface area contributed by atoms with Crippen molar-refractivity contribution >= 4 is 23.4 Å².